The van der Waals surface area contributed by atoms with Crippen LogP contribution in [0, 0.1) is 15.9 Å². The molecule has 1 aromatic heterocycles. The third-order valence-corrected chi connectivity index (χ3v) is 4.22. The highest BCUT2D eigenvalue weighted by molar-refractivity contribution is 9.10. The van der Waals surface area contributed by atoms with Crippen molar-refractivity contribution in [2.45, 2.75) is 6.54 Å². The summed E-state index contributed by atoms with van der Waals surface area (Å²) in [6.45, 7) is 0.225. The van der Waals surface area contributed by atoms with E-state index in [0.717, 1.165) is 10.0 Å². The average molecular weight is 445 g/mol. The number of rotatable bonds is 6. The number of hydrogen-bond donors (Lipinski definition) is 1. The maximum absolute atomic E-state index is 14.3. The summed E-state index contributed by atoms with van der Waals surface area (Å²) in [5, 5.41) is 17.3. The Morgan fingerprint density at radius 1 is 1.29 bits per heavy atom. The van der Waals surface area contributed by atoms with Crippen molar-refractivity contribution in [2.24, 2.45) is 0 Å². The zero-order valence-corrected chi connectivity index (χ0v) is 16.0. The van der Waals surface area contributed by atoms with Gasteiger partial charge in [-0.25, -0.2) is 9.07 Å². The van der Waals surface area contributed by atoms with Gasteiger partial charge in [0.1, 0.15) is 11.5 Å². The molecule has 0 aliphatic carbocycles. The largest absolute Gasteiger partial charge is 0.348 e. The smallest absolute Gasteiger partial charge is 0.269 e. The molecule has 0 aliphatic rings. The molecule has 28 heavy (non-hydrogen) atoms. The molecule has 2 aromatic carbocycles. The van der Waals surface area contributed by atoms with E-state index in [1.807, 2.05) is 0 Å². The van der Waals surface area contributed by atoms with Gasteiger partial charge < -0.3 is 5.32 Å². The first-order valence-electron chi connectivity index (χ1n) is 8.12. The van der Waals surface area contributed by atoms with Crippen LogP contribution in [0.5, 0.6) is 0 Å². The first kappa shape index (κ1) is 19.4. The second kappa shape index (κ2) is 8.57. The highest BCUT2D eigenvalue weighted by Gasteiger charge is 2.07. The van der Waals surface area contributed by atoms with E-state index in [1.165, 1.54) is 35.0 Å². The van der Waals surface area contributed by atoms with Crippen molar-refractivity contribution in [1.29, 1.82) is 0 Å². The van der Waals surface area contributed by atoms with Gasteiger partial charge in [0.25, 0.3) is 5.69 Å². The first-order valence-corrected chi connectivity index (χ1v) is 8.91. The van der Waals surface area contributed by atoms with E-state index in [2.05, 4.69) is 26.3 Å². The molecule has 0 atom stereocenters. The first-order chi connectivity index (χ1) is 13.4. The van der Waals surface area contributed by atoms with Crippen molar-refractivity contribution in [3.05, 3.63) is 92.5 Å². The van der Waals surface area contributed by atoms with Gasteiger partial charge in [0.05, 0.1) is 15.6 Å². The van der Waals surface area contributed by atoms with Crippen molar-refractivity contribution in [3.63, 3.8) is 0 Å². The molecule has 0 bridgehead atoms. The molecule has 1 amide bonds. The monoisotopic (exact) mass is 444 g/mol. The van der Waals surface area contributed by atoms with Crippen molar-refractivity contribution in [2.75, 3.05) is 0 Å². The lowest BCUT2D eigenvalue weighted by Crippen LogP contribution is -2.20. The van der Waals surface area contributed by atoms with E-state index in [0.29, 0.717) is 11.3 Å². The number of nitrogens with one attached hydrogen (secondary N) is 1. The summed E-state index contributed by atoms with van der Waals surface area (Å²) in [6, 6.07) is 10.5. The van der Waals surface area contributed by atoms with Crippen LogP contribution in [-0.4, -0.2) is 20.6 Å². The molecule has 0 saturated carbocycles. The molecule has 7 nitrogen and oxygen atoms in total. The summed E-state index contributed by atoms with van der Waals surface area (Å²) in [5.74, 6) is -0.831. The van der Waals surface area contributed by atoms with Gasteiger partial charge in [0, 0.05) is 31.0 Å². The van der Waals surface area contributed by atoms with E-state index >= 15 is 0 Å². The van der Waals surface area contributed by atoms with Crippen LogP contribution >= 0.6 is 15.9 Å². The number of carbonyl (C=O) groups is 1. The van der Waals surface area contributed by atoms with Gasteiger partial charge in [-0.15, -0.1) is 0 Å². The van der Waals surface area contributed by atoms with E-state index in [-0.39, 0.29) is 18.1 Å². The Morgan fingerprint density at radius 3 is 2.64 bits per heavy atom. The van der Waals surface area contributed by atoms with Gasteiger partial charge in [0.2, 0.25) is 5.91 Å². The Balaban J connectivity index is 1.59. The highest BCUT2D eigenvalue weighted by atomic mass is 79.9. The van der Waals surface area contributed by atoms with Gasteiger partial charge in [-0.1, -0.05) is 18.2 Å². The zero-order chi connectivity index (χ0) is 20.1. The second-order valence-electron chi connectivity index (χ2n) is 5.79. The molecule has 0 spiro atoms. The second-order valence-corrected chi connectivity index (χ2v) is 6.70. The van der Waals surface area contributed by atoms with Gasteiger partial charge in [-0.05, 0) is 45.3 Å². The lowest BCUT2D eigenvalue weighted by molar-refractivity contribution is -0.384. The fourth-order valence-electron chi connectivity index (χ4n) is 2.40. The van der Waals surface area contributed by atoms with Crippen LogP contribution in [0.1, 0.15) is 11.1 Å². The Labute approximate surface area is 167 Å². The van der Waals surface area contributed by atoms with Crippen LogP contribution in [0.2, 0.25) is 0 Å². The summed E-state index contributed by atoms with van der Waals surface area (Å²) in [4.78, 5) is 22.1. The maximum Gasteiger partial charge on any atom is 0.269 e. The molecule has 3 rings (SSSR count). The molecule has 1 heterocycles. The summed E-state index contributed by atoms with van der Waals surface area (Å²) < 4.78 is 16.4. The minimum Gasteiger partial charge on any atom is -0.348 e. The minimum atomic E-state index is -0.485. The Morgan fingerprint density at radius 2 is 2.04 bits per heavy atom. The summed E-state index contributed by atoms with van der Waals surface area (Å²) in [6.07, 6.45) is 5.99. The van der Waals surface area contributed by atoms with Crippen LogP contribution < -0.4 is 5.32 Å². The molecule has 142 valence electrons. The Kier molecular flexibility index (Phi) is 5.95. The van der Waals surface area contributed by atoms with E-state index in [9.17, 15) is 19.3 Å². The van der Waals surface area contributed by atoms with Crippen LogP contribution in [0.3, 0.4) is 0 Å². The number of hydrogen-bond acceptors (Lipinski definition) is 4. The summed E-state index contributed by atoms with van der Waals surface area (Å²) >= 11 is 3.26. The average Bonchev–Trinajstić information content (AvgIpc) is 3.11. The van der Waals surface area contributed by atoms with Crippen molar-refractivity contribution < 1.29 is 14.1 Å². The van der Waals surface area contributed by atoms with E-state index in [4.69, 9.17) is 0 Å². The van der Waals surface area contributed by atoms with Crippen LogP contribution in [0.25, 0.3) is 11.8 Å². The van der Waals surface area contributed by atoms with Gasteiger partial charge in [-0.3, -0.25) is 14.9 Å². The maximum atomic E-state index is 14.3. The molecule has 0 fully saturated rings. The normalized spacial score (nSPS) is 10.9. The fourth-order valence-corrected chi connectivity index (χ4v) is 2.69. The van der Waals surface area contributed by atoms with Gasteiger partial charge in [0.15, 0.2) is 0 Å². The van der Waals surface area contributed by atoms with Gasteiger partial charge in [-0.2, -0.15) is 5.10 Å². The van der Waals surface area contributed by atoms with Gasteiger partial charge >= 0.3 is 0 Å². The number of non-ortho nitro benzene ring substituents is 1. The van der Waals surface area contributed by atoms with Crippen molar-refractivity contribution in [3.8, 4) is 5.69 Å². The van der Waals surface area contributed by atoms with E-state index < -0.39 is 10.7 Å². The predicted molar refractivity (Wildman–Crippen MR) is 105 cm³/mol. The number of nitrogens with zero attached hydrogens (tertiary/aromatic N) is 3. The minimum absolute atomic E-state index is 0.0112. The number of nitro benzene ring substituents is 1. The van der Waals surface area contributed by atoms with Crippen LogP contribution in [0.15, 0.2) is 65.4 Å². The van der Waals surface area contributed by atoms with E-state index in [1.54, 1.807) is 36.7 Å². The lowest BCUT2D eigenvalue weighted by Gasteiger charge is -2.04. The zero-order valence-electron chi connectivity index (χ0n) is 14.4. The summed E-state index contributed by atoms with van der Waals surface area (Å²) in [5.41, 5.74) is 1.54. The molecular weight excluding hydrogens is 431 g/mol. The van der Waals surface area contributed by atoms with Crippen molar-refractivity contribution >= 4 is 33.6 Å². The molecule has 0 saturated heterocycles. The molecule has 0 unspecified atom stereocenters. The number of aromatic nitrogens is 2. The van der Waals surface area contributed by atoms with Crippen LogP contribution in [-0.2, 0) is 11.3 Å². The number of benzene rings is 2. The summed E-state index contributed by atoms with van der Waals surface area (Å²) in [7, 11) is 0. The van der Waals surface area contributed by atoms with Crippen LogP contribution in [0.4, 0.5) is 10.1 Å². The predicted octanol–water partition coefficient (Wildman–Crippen LogP) is 4.01. The third kappa shape index (κ3) is 4.89. The highest BCUT2D eigenvalue weighted by Crippen LogP contribution is 2.18. The topological polar surface area (TPSA) is 90.1 Å². The lowest BCUT2D eigenvalue weighted by atomic mass is 10.1. The third-order valence-electron chi connectivity index (χ3n) is 3.81. The molecule has 0 aliphatic heterocycles. The fraction of sp³-hybridized carbons (Fsp3) is 0.0526. The number of nitro groups is 1. The molecule has 3 aromatic rings. The SMILES string of the molecule is O=C(/C=C/c1ccc(-n2cc(Br)cn2)c(F)c1)NCc1ccc([N+](=O)[O-])cc1. The number of carbonyl (C=O) groups excluding carboxylic acids is 1. The number of halogens is 2. The Hall–Kier alpha value is -3.33. The van der Waals surface area contributed by atoms with Crippen molar-refractivity contribution in [1.82, 2.24) is 15.1 Å². The molecular formula is C19H14BrFN4O3. The quantitative estimate of drug-likeness (QED) is 0.353. The number of amides is 1. The Bertz CT molecular complexity index is 1050. The molecule has 0 radical (unpaired) electrons. The standard InChI is InChI=1S/C19H14BrFN4O3/c20-15-11-23-24(12-15)18-7-3-13(9-17(18)21)4-8-19(26)22-10-14-1-5-16(6-2-14)25(27)28/h1-9,11-12H,10H2,(H,22,26)/b8-4+. The molecule has 1 N–H and O–H groups in total. The molecule has 9 heteroatoms.